The molecule has 242 valence electrons. The molecule has 47 heavy (non-hydrogen) atoms. The molecule has 6 unspecified atom stereocenters. The molecule has 7 rings (SSSR count). The fourth-order valence-corrected chi connectivity index (χ4v) is 9.71. The van der Waals surface area contributed by atoms with Gasteiger partial charge < -0.3 is 9.84 Å². The molecule has 0 bridgehead atoms. The summed E-state index contributed by atoms with van der Waals surface area (Å²) in [6.45, 7) is 2.26. The molecule has 8 nitrogen and oxygen atoms in total. The number of fused-ring (bicyclic) bond motifs is 4. The van der Waals surface area contributed by atoms with Gasteiger partial charge in [-0.2, -0.15) is 0 Å². The number of imide groups is 2. The molecule has 2 aliphatic heterocycles. The number of hydrogen-bond acceptors (Lipinski definition) is 6. The van der Waals surface area contributed by atoms with Gasteiger partial charge in [-0.3, -0.25) is 24.1 Å². The number of allylic oxidation sites excluding steroid dienone is 2. The van der Waals surface area contributed by atoms with E-state index in [4.69, 9.17) is 16.3 Å². The van der Waals surface area contributed by atoms with Gasteiger partial charge in [0, 0.05) is 22.0 Å². The molecule has 2 saturated heterocycles. The van der Waals surface area contributed by atoms with E-state index < -0.39 is 46.8 Å². The van der Waals surface area contributed by atoms with Crippen molar-refractivity contribution < 1.29 is 29.0 Å². The van der Waals surface area contributed by atoms with E-state index in [2.05, 4.69) is 31.9 Å². The third kappa shape index (κ3) is 4.51. The number of carbonyl (C=O) groups is 4. The van der Waals surface area contributed by atoms with Crippen molar-refractivity contribution in [2.24, 2.45) is 23.7 Å². The minimum atomic E-state index is -1.45. The van der Waals surface area contributed by atoms with E-state index in [-0.39, 0.29) is 29.7 Å². The first-order valence-corrected chi connectivity index (χ1v) is 17.5. The van der Waals surface area contributed by atoms with E-state index in [0.717, 1.165) is 5.57 Å². The lowest BCUT2D eigenvalue weighted by Crippen LogP contribution is -2.53. The summed E-state index contributed by atoms with van der Waals surface area (Å²) in [4.78, 5) is 60.4. The quantitative estimate of drug-likeness (QED) is 0.211. The molecule has 4 aliphatic rings. The molecule has 1 N–H and O–H groups in total. The number of halogens is 3. The van der Waals surface area contributed by atoms with Gasteiger partial charge in [0.05, 0.1) is 40.4 Å². The maximum Gasteiger partial charge on any atom is 0.246 e. The summed E-state index contributed by atoms with van der Waals surface area (Å²) in [7, 11) is 1.44. The molecule has 4 amide bonds. The summed E-state index contributed by atoms with van der Waals surface area (Å²) < 4.78 is 6.40. The highest BCUT2D eigenvalue weighted by Crippen LogP contribution is 2.66. The van der Waals surface area contributed by atoms with Crippen molar-refractivity contribution in [3.63, 3.8) is 0 Å². The molecule has 3 aromatic carbocycles. The Hall–Kier alpha value is -3.47. The predicted octanol–water partition coefficient (Wildman–Crippen LogP) is 7.15. The zero-order chi connectivity index (χ0) is 33.4. The number of carbonyl (C=O) groups excluding carboxylic acids is 4. The van der Waals surface area contributed by atoms with Crippen LogP contribution in [0.2, 0.25) is 5.02 Å². The van der Waals surface area contributed by atoms with E-state index in [1.165, 1.54) is 16.9 Å². The van der Waals surface area contributed by atoms with Gasteiger partial charge in [0.25, 0.3) is 0 Å². The van der Waals surface area contributed by atoms with Gasteiger partial charge in [-0.05, 0) is 92.4 Å². The van der Waals surface area contributed by atoms with Crippen molar-refractivity contribution >= 4 is 72.8 Å². The Bertz CT molecular complexity index is 1880. The summed E-state index contributed by atoms with van der Waals surface area (Å²) >= 11 is 13.6. The highest BCUT2D eigenvalue weighted by atomic mass is 79.9. The van der Waals surface area contributed by atoms with Crippen LogP contribution in [0.1, 0.15) is 43.2 Å². The standard InChI is InChI=1S/C36H31Br2ClN2O6/c1-3-14-40-32(43)22-13-12-21-23(27(22)34(40)45)16-25-33(44)41(20-11-7-10-19(39)15-20)35(46)36(25,18-8-5-4-6-9-18)28(21)24-17-26(47-2)31(42)30(38)29(24)37/h4-12,15,17,22-23,25,27-28,42H,3,13-14,16H2,1-2H3. The van der Waals surface area contributed by atoms with Crippen LogP contribution in [-0.4, -0.2) is 47.3 Å². The highest BCUT2D eigenvalue weighted by molar-refractivity contribution is 9.13. The number of phenols is 1. The first kappa shape index (κ1) is 32.1. The third-order valence-electron chi connectivity index (χ3n) is 10.4. The Morgan fingerprint density at radius 2 is 1.70 bits per heavy atom. The van der Waals surface area contributed by atoms with Crippen LogP contribution < -0.4 is 9.64 Å². The molecule has 11 heteroatoms. The summed E-state index contributed by atoms with van der Waals surface area (Å²) in [5.41, 5.74) is 0.979. The lowest BCUT2D eigenvalue weighted by Gasteiger charge is -2.51. The number of anilines is 1. The number of phenolic OH excluding ortho intramolecular Hbond substituents is 1. The topological polar surface area (TPSA) is 104 Å². The largest absolute Gasteiger partial charge is 0.503 e. The van der Waals surface area contributed by atoms with Gasteiger partial charge in [-0.15, -0.1) is 0 Å². The zero-order valence-corrected chi connectivity index (χ0v) is 29.5. The van der Waals surface area contributed by atoms with Gasteiger partial charge in [0.1, 0.15) is 0 Å². The van der Waals surface area contributed by atoms with Crippen molar-refractivity contribution in [1.82, 2.24) is 4.90 Å². The van der Waals surface area contributed by atoms with Gasteiger partial charge in [0.2, 0.25) is 23.6 Å². The fraction of sp³-hybridized carbons (Fsp3) is 0.333. The van der Waals surface area contributed by atoms with Crippen LogP contribution in [0.5, 0.6) is 11.5 Å². The van der Waals surface area contributed by atoms with Crippen LogP contribution in [0.3, 0.4) is 0 Å². The minimum absolute atomic E-state index is 0.125. The van der Waals surface area contributed by atoms with Crippen LogP contribution in [-0.2, 0) is 24.6 Å². The van der Waals surface area contributed by atoms with E-state index in [9.17, 15) is 19.5 Å². The molecule has 0 radical (unpaired) electrons. The number of hydrogen-bond donors (Lipinski definition) is 1. The Morgan fingerprint density at radius 1 is 0.957 bits per heavy atom. The second-order valence-corrected chi connectivity index (χ2v) is 14.6. The predicted molar refractivity (Wildman–Crippen MR) is 183 cm³/mol. The molecule has 2 heterocycles. The molecular formula is C36H31Br2ClN2O6. The number of amides is 4. The Labute approximate surface area is 294 Å². The molecule has 3 aromatic rings. The Balaban J connectivity index is 1.54. The molecular weight excluding hydrogens is 752 g/mol. The van der Waals surface area contributed by atoms with Crippen molar-refractivity contribution in [1.29, 1.82) is 0 Å². The second kappa shape index (κ2) is 11.9. The van der Waals surface area contributed by atoms with E-state index in [1.54, 1.807) is 30.3 Å². The second-order valence-electron chi connectivity index (χ2n) is 12.6. The van der Waals surface area contributed by atoms with E-state index in [1.807, 2.05) is 43.3 Å². The van der Waals surface area contributed by atoms with Crippen molar-refractivity contribution in [2.75, 3.05) is 18.6 Å². The first-order valence-electron chi connectivity index (χ1n) is 15.6. The highest BCUT2D eigenvalue weighted by Gasteiger charge is 2.70. The van der Waals surface area contributed by atoms with Crippen molar-refractivity contribution in [3.8, 4) is 11.5 Å². The number of ether oxygens (including phenoxy) is 1. The molecule has 6 atom stereocenters. The minimum Gasteiger partial charge on any atom is -0.503 e. The summed E-state index contributed by atoms with van der Waals surface area (Å²) in [6, 6.07) is 17.6. The van der Waals surface area contributed by atoms with Gasteiger partial charge in [-0.1, -0.05) is 66.6 Å². The monoisotopic (exact) mass is 780 g/mol. The third-order valence-corrected chi connectivity index (χ3v) is 12.8. The lowest BCUT2D eigenvalue weighted by molar-refractivity contribution is -0.140. The molecule has 3 fully saturated rings. The number of likely N-dealkylation sites (tertiary alicyclic amines) is 1. The SMILES string of the molecule is CCCN1C(=O)C2CC=C3C(CC4C(=O)N(c5cccc(Cl)c5)C(=O)C4(c4ccccc4)C3c3cc(OC)c(O)c(Br)c3Br)C2C1=O. The van der Waals surface area contributed by atoms with Crippen LogP contribution in [0.15, 0.2) is 81.3 Å². The van der Waals surface area contributed by atoms with Gasteiger partial charge >= 0.3 is 0 Å². The van der Waals surface area contributed by atoms with Gasteiger partial charge in [0.15, 0.2) is 11.5 Å². The molecule has 2 aliphatic carbocycles. The van der Waals surface area contributed by atoms with Crippen molar-refractivity contribution in [2.45, 2.75) is 37.5 Å². The average Bonchev–Trinajstić information content (AvgIpc) is 3.45. The van der Waals surface area contributed by atoms with Crippen LogP contribution in [0, 0.1) is 23.7 Å². The maximum atomic E-state index is 15.3. The first-order chi connectivity index (χ1) is 22.6. The van der Waals surface area contributed by atoms with Crippen molar-refractivity contribution in [3.05, 3.63) is 97.4 Å². The number of aromatic hydroxyl groups is 1. The van der Waals surface area contributed by atoms with Gasteiger partial charge in [-0.25, -0.2) is 4.90 Å². The summed E-state index contributed by atoms with van der Waals surface area (Å²) in [5, 5.41) is 11.3. The smallest absolute Gasteiger partial charge is 0.246 e. The number of methoxy groups -OCH3 is 1. The van der Waals surface area contributed by atoms with E-state index in [0.29, 0.717) is 50.2 Å². The normalized spacial score (nSPS) is 28.3. The molecule has 1 saturated carbocycles. The summed E-state index contributed by atoms with van der Waals surface area (Å²) in [6.07, 6.45) is 3.19. The van der Waals surface area contributed by atoms with Crippen LogP contribution >= 0.6 is 43.5 Å². The average molecular weight is 783 g/mol. The van der Waals surface area contributed by atoms with Crippen LogP contribution in [0.25, 0.3) is 0 Å². The fourth-order valence-electron chi connectivity index (χ4n) is 8.57. The number of nitrogens with zero attached hydrogens (tertiary/aromatic N) is 2. The van der Waals surface area contributed by atoms with Crippen LogP contribution in [0.4, 0.5) is 5.69 Å². The van der Waals surface area contributed by atoms with E-state index >= 15 is 4.79 Å². The number of benzene rings is 3. The molecule has 0 spiro atoms. The lowest BCUT2D eigenvalue weighted by atomic mass is 9.49. The number of rotatable bonds is 6. The Morgan fingerprint density at radius 3 is 2.38 bits per heavy atom. The Kier molecular flexibility index (Phi) is 8.12. The summed E-state index contributed by atoms with van der Waals surface area (Å²) in [5.74, 6) is -4.51. The maximum absolute atomic E-state index is 15.3. The zero-order valence-electron chi connectivity index (χ0n) is 25.6. The molecule has 0 aromatic heterocycles.